The van der Waals surface area contributed by atoms with Crippen LogP contribution in [-0.2, 0) is 4.74 Å². The molecule has 0 aliphatic carbocycles. The average molecular weight is 304 g/mol. The summed E-state index contributed by atoms with van der Waals surface area (Å²) in [5.41, 5.74) is 0.947. The fraction of sp³-hybridized carbons (Fsp3) is 0.562. The Kier molecular flexibility index (Phi) is 4.68. The number of carbonyl (C=O) groups is 1. The third-order valence-electron chi connectivity index (χ3n) is 3.77. The van der Waals surface area contributed by atoms with Gasteiger partial charge in [-0.25, -0.2) is 4.79 Å². The second-order valence-electron chi connectivity index (χ2n) is 6.62. The highest BCUT2D eigenvalue weighted by molar-refractivity contribution is 5.68. The van der Waals surface area contributed by atoms with Gasteiger partial charge in [-0.3, -0.25) is 15.4 Å². The minimum absolute atomic E-state index is 0.248. The number of hydrogen-bond donors (Lipinski definition) is 2. The summed E-state index contributed by atoms with van der Waals surface area (Å²) in [6.45, 7) is 6.96. The number of pyridine rings is 1. The molecule has 1 aliphatic rings. The number of carbonyl (C=O) groups excluding carboxylic acids is 1. The first-order valence-corrected chi connectivity index (χ1v) is 7.55. The highest BCUT2D eigenvalue weighted by Crippen LogP contribution is 2.27. The Morgan fingerprint density at radius 2 is 2.00 bits per heavy atom. The molecular weight excluding hydrogens is 280 g/mol. The fourth-order valence-electron chi connectivity index (χ4n) is 2.62. The summed E-state index contributed by atoms with van der Waals surface area (Å²) in [6, 6.07) is 3.76. The normalized spacial score (nSPS) is 16.4. The Balaban J connectivity index is 1.97. The van der Waals surface area contributed by atoms with Crippen LogP contribution in [0.3, 0.4) is 0 Å². The molecule has 0 radical (unpaired) electrons. The third-order valence-corrected chi connectivity index (χ3v) is 3.77. The summed E-state index contributed by atoms with van der Waals surface area (Å²) >= 11 is 0. The van der Waals surface area contributed by atoms with Crippen molar-refractivity contribution >= 4 is 12.4 Å². The molecule has 0 unspecified atom stereocenters. The molecule has 6 nitrogen and oxygen atoms in total. The fourth-order valence-corrected chi connectivity index (χ4v) is 2.62. The molecule has 1 amide bonds. The predicted octanol–water partition coefficient (Wildman–Crippen LogP) is 2.54. The van der Waals surface area contributed by atoms with Gasteiger partial charge in [0.15, 0.2) is 0 Å². The van der Waals surface area contributed by atoms with Crippen molar-refractivity contribution in [3.05, 3.63) is 29.4 Å². The lowest BCUT2D eigenvalue weighted by Crippen LogP contribution is -2.41. The van der Waals surface area contributed by atoms with Crippen molar-refractivity contribution in [2.45, 2.75) is 45.1 Å². The number of rotatable bonds is 2. The maximum absolute atomic E-state index is 12.0. The molecule has 2 N–H and O–H groups in total. The molecule has 120 valence electrons. The Morgan fingerprint density at radius 1 is 1.36 bits per heavy atom. The number of piperidine rings is 1. The lowest BCUT2D eigenvalue weighted by molar-refractivity contribution is 0.0205. The summed E-state index contributed by atoms with van der Waals surface area (Å²) in [6.07, 6.45) is 4.35. The monoisotopic (exact) mass is 304 g/mol. The van der Waals surface area contributed by atoms with Gasteiger partial charge in [0.25, 0.3) is 0 Å². The number of likely N-dealkylation sites (tertiary alicyclic amines) is 1. The molecule has 6 heteroatoms. The molecule has 1 aromatic rings. The van der Waals surface area contributed by atoms with Gasteiger partial charge in [0.05, 0.1) is 6.34 Å². The molecular formula is C16H24N4O2. The van der Waals surface area contributed by atoms with Crippen molar-refractivity contribution in [3.63, 3.8) is 0 Å². The minimum atomic E-state index is -0.464. The van der Waals surface area contributed by atoms with Crippen LogP contribution >= 0.6 is 0 Å². The second-order valence-corrected chi connectivity index (χ2v) is 6.62. The zero-order valence-corrected chi connectivity index (χ0v) is 13.4. The standard InChI is InChI=1S/C16H24N4O2/c1-16(2,3)22-15(21)19-7-4-12(5-8-19)13-6-9-20(11-17)14(18)10-13/h6,9-12,17-18H,4-5,7-8H2,1-3H3. The first-order valence-electron chi connectivity index (χ1n) is 7.55. The summed E-state index contributed by atoms with van der Waals surface area (Å²) in [5, 5.41) is 15.1. The molecule has 1 aromatic heterocycles. The number of ether oxygens (including phenoxy) is 1. The average Bonchev–Trinajstić information content (AvgIpc) is 2.45. The number of nitrogens with zero attached hydrogens (tertiary/aromatic N) is 2. The molecule has 1 saturated heterocycles. The Labute approximate surface area is 130 Å². The van der Waals surface area contributed by atoms with Crippen molar-refractivity contribution in [1.29, 1.82) is 10.8 Å². The molecule has 1 fully saturated rings. The van der Waals surface area contributed by atoms with E-state index in [1.165, 1.54) is 4.57 Å². The van der Waals surface area contributed by atoms with Crippen molar-refractivity contribution in [2.75, 3.05) is 13.1 Å². The highest BCUT2D eigenvalue weighted by atomic mass is 16.6. The number of hydrogen-bond acceptors (Lipinski definition) is 4. The molecule has 0 bridgehead atoms. The largest absolute Gasteiger partial charge is 0.444 e. The summed E-state index contributed by atoms with van der Waals surface area (Å²) < 4.78 is 6.85. The van der Waals surface area contributed by atoms with Crippen LogP contribution in [0.4, 0.5) is 4.79 Å². The van der Waals surface area contributed by atoms with Crippen LogP contribution in [0, 0.1) is 10.8 Å². The molecule has 22 heavy (non-hydrogen) atoms. The van der Waals surface area contributed by atoms with Crippen LogP contribution in [0.1, 0.15) is 45.1 Å². The van der Waals surface area contributed by atoms with Crippen molar-refractivity contribution in [3.8, 4) is 0 Å². The number of nitrogens with one attached hydrogen (secondary N) is 2. The molecule has 2 rings (SSSR count). The van der Waals surface area contributed by atoms with E-state index < -0.39 is 5.60 Å². The van der Waals surface area contributed by atoms with E-state index in [9.17, 15) is 4.79 Å². The highest BCUT2D eigenvalue weighted by Gasteiger charge is 2.27. The van der Waals surface area contributed by atoms with Gasteiger partial charge in [0.1, 0.15) is 11.1 Å². The van der Waals surface area contributed by atoms with Crippen LogP contribution < -0.4 is 5.49 Å². The first-order chi connectivity index (χ1) is 10.3. The van der Waals surface area contributed by atoms with Crippen LogP contribution in [0.15, 0.2) is 18.3 Å². The molecule has 2 heterocycles. The number of amides is 1. The minimum Gasteiger partial charge on any atom is -0.444 e. The maximum atomic E-state index is 12.0. The van der Waals surface area contributed by atoms with E-state index in [0.717, 1.165) is 24.7 Å². The molecule has 0 saturated carbocycles. The topological polar surface area (TPSA) is 82.2 Å². The SMILES string of the molecule is CC(C)(C)OC(=O)N1CCC(c2ccn(C=N)c(=N)c2)CC1. The predicted molar refractivity (Wildman–Crippen MR) is 84.3 cm³/mol. The van der Waals surface area contributed by atoms with E-state index in [1.807, 2.05) is 26.8 Å². The van der Waals surface area contributed by atoms with Gasteiger partial charge in [0.2, 0.25) is 0 Å². The second kappa shape index (κ2) is 6.34. The van der Waals surface area contributed by atoms with Gasteiger partial charge in [-0.05, 0) is 57.2 Å². The van der Waals surface area contributed by atoms with Crippen molar-refractivity contribution in [1.82, 2.24) is 9.47 Å². The van der Waals surface area contributed by atoms with E-state index in [2.05, 4.69) is 0 Å². The van der Waals surface area contributed by atoms with E-state index in [1.54, 1.807) is 17.2 Å². The van der Waals surface area contributed by atoms with E-state index >= 15 is 0 Å². The van der Waals surface area contributed by atoms with E-state index in [4.69, 9.17) is 15.6 Å². The van der Waals surface area contributed by atoms with Gasteiger partial charge >= 0.3 is 6.09 Å². The smallest absolute Gasteiger partial charge is 0.410 e. The third kappa shape index (κ3) is 3.96. The summed E-state index contributed by atoms with van der Waals surface area (Å²) in [4.78, 5) is 13.8. The maximum Gasteiger partial charge on any atom is 0.410 e. The lowest BCUT2D eigenvalue weighted by Gasteiger charge is -2.33. The molecule has 0 aromatic carbocycles. The van der Waals surface area contributed by atoms with Crippen LogP contribution in [0.25, 0.3) is 0 Å². The zero-order chi connectivity index (χ0) is 16.3. The molecule has 0 atom stereocenters. The van der Waals surface area contributed by atoms with Gasteiger partial charge in [-0.1, -0.05) is 0 Å². The number of aromatic nitrogens is 1. The van der Waals surface area contributed by atoms with Gasteiger partial charge in [-0.15, -0.1) is 0 Å². The Morgan fingerprint density at radius 3 is 2.50 bits per heavy atom. The Bertz CT molecular complexity index is 607. The Hall–Kier alpha value is -2.11. The van der Waals surface area contributed by atoms with Crippen molar-refractivity contribution < 1.29 is 9.53 Å². The quantitative estimate of drug-likeness (QED) is 0.650. The van der Waals surface area contributed by atoms with Crippen LogP contribution in [0.2, 0.25) is 0 Å². The lowest BCUT2D eigenvalue weighted by atomic mass is 9.90. The molecule has 0 spiro atoms. The van der Waals surface area contributed by atoms with Gasteiger partial charge in [-0.2, -0.15) is 0 Å². The zero-order valence-electron chi connectivity index (χ0n) is 13.4. The van der Waals surface area contributed by atoms with Gasteiger partial charge in [0, 0.05) is 19.3 Å². The summed E-state index contributed by atoms with van der Waals surface area (Å²) in [7, 11) is 0. The first kappa shape index (κ1) is 16.3. The van der Waals surface area contributed by atoms with E-state index in [-0.39, 0.29) is 6.09 Å². The van der Waals surface area contributed by atoms with Crippen LogP contribution in [0.5, 0.6) is 0 Å². The summed E-state index contributed by atoms with van der Waals surface area (Å²) in [5.74, 6) is 0.350. The van der Waals surface area contributed by atoms with Crippen molar-refractivity contribution in [2.24, 2.45) is 0 Å². The van der Waals surface area contributed by atoms with E-state index in [0.29, 0.717) is 24.5 Å². The van der Waals surface area contributed by atoms with Gasteiger partial charge < -0.3 is 9.64 Å². The molecule has 1 aliphatic heterocycles. The van der Waals surface area contributed by atoms with Crippen LogP contribution in [-0.4, -0.2) is 40.6 Å².